The van der Waals surface area contributed by atoms with E-state index in [-0.39, 0.29) is 0 Å². The summed E-state index contributed by atoms with van der Waals surface area (Å²) in [4.78, 5) is 0. The van der Waals surface area contributed by atoms with E-state index in [1.807, 2.05) is 0 Å². The summed E-state index contributed by atoms with van der Waals surface area (Å²) in [6.07, 6.45) is 2.07. The Kier molecular flexibility index (Phi) is 2.81. The fourth-order valence-corrected chi connectivity index (χ4v) is 1.76. The SMILES string of the molecule is Cc1cccc(NC[C@@H]2C=C(N)NC2)c1. The van der Waals surface area contributed by atoms with Gasteiger partial charge in [-0.05, 0) is 30.7 Å². The van der Waals surface area contributed by atoms with E-state index in [2.05, 4.69) is 47.9 Å². The summed E-state index contributed by atoms with van der Waals surface area (Å²) in [5, 5.41) is 6.52. The van der Waals surface area contributed by atoms with Crippen molar-refractivity contribution in [1.29, 1.82) is 0 Å². The molecule has 0 saturated carbocycles. The minimum absolute atomic E-state index is 0.491. The van der Waals surface area contributed by atoms with Gasteiger partial charge in [0.15, 0.2) is 0 Å². The maximum atomic E-state index is 5.64. The molecular formula is C12H17N3. The average molecular weight is 203 g/mol. The summed E-state index contributed by atoms with van der Waals surface area (Å²) in [5.74, 6) is 1.29. The van der Waals surface area contributed by atoms with Crippen LogP contribution in [-0.4, -0.2) is 13.1 Å². The van der Waals surface area contributed by atoms with Gasteiger partial charge in [0.2, 0.25) is 0 Å². The summed E-state index contributed by atoms with van der Waals surface area (Å²) in [6, 6.07) is 8.40. The van der Waals surface area contributed by atoms with Crippen LogP contribution < -0.4 is 16.4 Å². The Labute approximate surface area is 90.4 Å². The predicted octanol–water partition coefficient (Wildman–Crippen LogP) is 1.43. The van der Waals surface area contributed by atoms with Crippen LogP contribution in [0.15, 0.2) is 36.2 Å². The number of anilines is 1. The highest BCUT2D eigenvalue weighted by molar-refractivity contribution is 5.45. The van der Waals surface area contributed by atoms with Crippen molar-refractivity contribution < 1.29 is 0 Å². The molecule has 1 aliphatic heterocycles. The summed E-state index contributed by atoms with van der Waals surface area (Å²) in [5.41, 5.74) is 8.09. The number of aryl methyl sites for hydroxylation is 1. The monoisotopic (exact) mass is 203 g/mol. The quantitative estimate of drug-likeness (QED) is 0.696. The number of nitrogens with one attached hydrogen (secondary N) is 2. The molecule has 1 heterocycles. The van der Waals surface area contributed by atoms with E-state index >= 15 is 0 Å². The standard InChI is InChI=1S/C12H17N3/c1-9-3-2-4-11(5-9)14-7-10-6-12(13)15-8-10/h2-6,10,14-15H,7-8,13H2,1H3/t10-/m0/s1. The third-order valence-corrected chi connectivity index (χ3v) is 2.57. The van der Waals surface area contributed by atoms with Crippen LogP contribution in [0.3, 0.4) is 0 Å². The molecule has 2 rings (SSSR count). The highest BCUT2D eigenvalue weighted by Gasteiger charge is 2.12. The average Bonchev–Trinajstić information content (AvgIpc) is 2.62. The van der Waals surface area contributed by atoms with Gasteiger partial charge >= 0.3 is 0 Å². The maximum Gasteiger partial charge on any atom is 0.0923 e. The molecule has 3 nitrogen and oxygen atoms in total. The van der Waals surface area contributed by atoms with E-state index in [4.69, 9.17) is 5.73 Å². The Hall–Kier alpha value is -1.64. The van der Waals surface area contributed by atoms with Gasteiger partial charge < -0.3 is 16.4 Å². The van der Waals surface area contributed by atoms with Crippen molar-refractivity contribution >= 4 is 5.69 Å². The smallest absolute Gasteiger partial charge is 0.0923 e. The number of hydrogen-bond donors (Lipinski definition) is 3. The summed E-state index contributed by atoms with van der Waals surface area (Å²) in [7, 11) is 0. The second-order valence-corrected chi connectivity index (χ2v) is 4.01. The highest BCUT2D eigenvalue weighted by atomic mass is 15.0. The topological polar surface area (TPSA) is 50.1 Å². The minimum Gasteiger partial charge on any atom is -0.386 e. The Morgan fingerprint density at radius 1 is 1.53 bits per heavy atom. The summed E-state index contributed by atoms with van der Waals surface area (Å²) < 4.78 is 0. The molecule has 0 spiro atoms. The van der Waals surface area contributed by atoms with E-state index in [1.54, 1.807) is 0 Å². The molecule has 0 aromatic heterocycles. The Balaban J connectivity index is 1.88. The fraction of sp³-hybridized carbons (Fsp3) is 0.333. The molecule has 1 aromatic carbocycles. The molecule has 0 amide bonds. The molecular weight excluding hydrogens is 186 g/mol. The molecule has 0 saturated heterocycles. The number of benzene rings is 1. The van der Waals surface area contributed by atoms with E-state index in [9.17, 15) is 0 Å². The Bertz CT molecular complexity index is 371. The maximum absolute atomic E-state index is 5.64. The van der Waals surface area contributed by atoms with Crippen molar-refractivity contribution in [3.63, 3.8) is 0 Å². The molecule has 0 fully saturated rings. The molecule has 80 valence electrons. The van der Waals surface area contributed by atoms with Crippen molar-refractivity contribution in [3.8, 4) is 0 Å². The molecule has 1 aliphatic rings. The summed E-state index contributed by atoms with van der Waals surface area (Å²) >= 11 is 0. The van der Waals surface area contributed by atoms with Gasteiger partial charge in [-0.3, -0.25) is 0 Å². The van der Waals surface area contributed by atoms with Crippen molar-refractivity contribution in [1.82, 2.24) is 5.32 Å². The lowest BCUT2D eigenvalue weighted by Gasteiger charge is -2.10. The van der Waals surface area contributed by atoms with Gasteiger partial charge in [0.25, 0.3) is 0 Å². The molecule has 0 aliphatic carbocycles. The zero-order chi connectivity index (χ0) is 10.7. The van der Waals surface area contributed by atoms with Crippen LogP contribution in [0.1, 0.15) is 5.56 Å². The van der Waals surface area contributed by atoms with Crippen LogP contribution in [-0.2, 0) is 0 Å². The Morgan fingerprint density at radius 2 is 2.40 bits per heavy atom. The first kappa shape index (κ1) is 9.90. The van der Waals surface area contributed by atoms with Crippen LogP contribution in [0.2, 0.25) is 0 Å². The molecule has 4 N–H and O–H groups in total. The molecule has 0 radical (unpaired) electrons. The minimum atomic E-state index is 0.491. The highest BCUT2D eigenvalue weighted by Crippen LogP contribution is 2.12. The van der Waals surface area contributed by atoms with Crippen LogP contribution >= 0.6 is 0 Å². The van der Waals surface area contributed by atoms with E-state index in [0.29, 0.717) is 5.92 Å². The molecule has 0 bridgehead atoms. The molecule has 0 unspecified atom stereocenters. The lowest BCUT2D eigenvalue weighted by atomic mass is 10.1. The number of rotatable bonds is 3. The van der Waals surface area contributed by atoms with Gasteiger partial charge in [0, 0.05) is 24.7 Å². The van der Waals surface area contributed by atoms with Crippen LogP contribution in [0, 0.1) is 12.8 Å². The van der Waals surface area contributed by atoms with Crippen molar-refractivity contribution in [3.05, 3.63) is 41.7 Å². The Morgan fingerprint density at radius 3 is 3.07 bits per heavy atom. The molecule has 15 heavy (non-hydrogen) atoms. The molecule has 1 aromatic rings. The van der Waals surface area contributed by atoms with Crippen molar-refractivity contribution in [2.24, 2.45) is 11.7 Å². The van der Waals surface area contributed by atoms with Crippen molar-refractivity contribution in [2.75, 3.05) is 18.4 Å². The summed E-state index contributed by atoms with van der Waals surface area (Å²) in [6.45, 7) is 3.96. The van der Waals surface area contributed by atoms with Gasteiger partial charge in [-0.1, -0.05) is 12.1 Å². The lowest BCUT2D eigenvalue weighted by Crippen LogP contribution is -2.20. The van der Waals surface area contributed by atoms with Gasteiger partial charge in [-0.15, -0.1) is 0 Å². The number of nitrogens with two attached hydrogens (primary N) is 1. The van der Waals surface area contributed by atoms with Crippen LogP contribution in [0.5, 0.6) is 0 Å². The largest absolute Gasteiger partial charge is 0.386 e. The van der Waals surface area contributed by atoms with Gasteiger partial charge in [0.1, 0.15) is 0 Å². The van der Waals surface area contributed by atoms with Gasteiger partial charge in [-0.25, -0.2) is 0 Å². The third-order valence-electron chi connectivity index (χ3n) is 2.57. The number of hydrogen-bond acceptors (Lipinski definition) is 3. The molecule has 3 heteroatoms. The van der Waals surface area contributed by atoms with E-state index < -0.39 is 0 Å². The lowest BCUT2D eigenvalue weighted by molar-refractivity contribution is 0.680. The second kappa shape index (κ2) is 4.26. The first-order valence-corrected chi connectivity index (χ1v) is 5.26. The van der Waals surface area contributed by atoms with E-state index in [1.165, 1.54) is 11.3 Å². The fourth-order valence-electron chi connectivity index (χ4n) is 1.76. The normalized spacial score (nSPS) is 19.5. The van der Waals surface area contributed by atoms with Gasteiger partial charge in [0.05, 0.1) is 5.82 Å². The van der Waals surface area contributed by atoms with Crippen LogP contribution in [0.4, 0.5) is 5.69 Å². The van der Waals surface area contributed by atoms with E-state index in [0.717, 1.165) is 18.9 Å². The van der Waals surface area contributed by atoms with Gasteiger partial charge in [-0.2, -0.15) is 0 Å². The molecule has 1 atom stereocenters. The second-order valence-electron chi connectivity index (χ2n) is 4.01. The zero-order valence-corrected chi connectivity index (χ0v) is 8.96. The van der Waals surface area contributed by atoms with Crippen LogP contribution in [0.25, 0.3) is 0 Å². The zero-order valence-electron chi connectivity index (χ0n) is 8.96. The third kappa shape index (κ3) is 2.65. The predicted molar refractivity (Wildman–Crippen MR) is 63.4 cm³/mol. The first-order valence-electron chi connectivity index (χ1n) is 5.26. The van der Waals surface area contributed by atoms with Crippen molar-refractivity contribution in [2.45, 2.75) is 6.92 Å². The first-order chi connectivity index (χ1) is 7.24.